The topological polar surface area (TPSA) is 96.2 Å². The van der Waals surface area contributed by atoms with Gasteiger partial charge in [-0.2, -0.15) is 4.98 Å². The highest BCUT2D eigenvalue weighted by atomic mass is 35.5. The molecule has 4 atom stereocenters. The summed E-state index contributed by atoms with van der Waals surface area (Å²) < 4.78 is 0. The van der Waals surface area contributed by atoms with Crippen molar-refractivity contribution in [2.75, 3.05) is 30.3 Å². The number of aromatic nitrogens is 2. The highest BCUT2D eigenvalue weighted by molar-refractivity contribution is 6.32. The number of amides is 1. The molecule has 1 saturated carbocycles. The van der Waals surface area contributed by atoms with Gasteiger partial charge in [0.15, 0.2) is 5.82 Å². The molecule has 0 saturated heterocycles. The van der Waals surface area contributed by atoms with Gasteiger partial charge in [0, 0.05) is 24.8 Å². The number of nitrogens with two attached hydrogens (primary N) is 1. The smallest absolute Gasteiger partial charge is 0.229 e. The monoisotopic (exact) mass is 462 g/mol. The maximum absolute atomic E-state index is 12.0. The van der Waals surface area contributed by atoms with E-state index in [0.29, 0.717) is 23.3 Å². The first-order chi connectivity index (χ1) is 16.0. The Morgan fingerprint density at radius 2 is 2.03 bits per heavy atom. The second-order valence-corrected chi connectivity index (χ2v) is 9.43. The Bertz CT molecular complexity index is 1140. The van der Waals surface area contributed by atoms with Gasteiger partial charge in [-0.25, -0.2) is 4.98 Å². The van der Waals surface area contributed by atoms with Crippen LogP contribution in [-0.4, -0.2) is 46.5 Å². The van der Waals surface area contributed by atoms with Crippen molar-refractivity contribution in [3.63, 3.8) is 0 Å². The van der Waals surface area contributed by atoms with Gasteiger partial charge in [0.05, 0.1) is 18.7 Å². The second kappa shape index (κ2) is 9.05. The largest absolute Gasteiger partial charge is 0.369 e. The van der Waals surface area contributed by atoms with Gasteiger partial charge >= 0.3 is 0 Å². The molecule has 1 amide bonds. The molecule has 4 N–H and O–H groups in total. The lowest BCUT2D eigenvalue weighted by molar-refractivity contribution is -0.122. The third kappa shape index (κ3) is 4.41. The highest BCUT2D eigenvalue weighted by Gasteiger charge is 2.47. The van der Waals surface area contributed by atoms with Crippen LogP contribution in [0.15, 0.2) is 36.5 Å². The van der Waals surface area contributed by atoms with Crippen molar-refractivity contribution in [3.05, 3.63) is 52.7 Å². The number of carbonyl (C=O) groups excluding carboxylic acids is 1. The van der Waals surface area contributed by atoms with Crippen molar-refractivity contribution in [3.8, 4) is 12.3 Å². The number of fused-ring (bicyclic) bond motifs is 3. The molecule has 2 aromatic rings. The number of benzene rings is 1. The first kappa shape index (κ1) is 21.7. The van der Waals surface area contributed by atoms with E-state index in [1.54, 1.807) is 6.20 Å². The van der Waals surface area contributed by atoms with Crippen LogP contribution in [0.1, 0.15) is 17.5 Å². The lowest BCUT2D eigenvalue weighted by atomic mass is 9.88. The summed E-state index contributed by atoms with van der Waals surface area (Å²) in [4.78, 5) is 23.3. The molecule has 4 unspecified atom stereocenters. The number of primary amides is 1. The Morgan fingerprint density at radius 1 is 1.24 bits per heavy atom. The minimum atomic E-state index is -0.293. The number of terminal acetylenes is 1. The van der Waals surface area contributed by atoms with Crippen LogP contribution < -0.4 is 16.4 Å². The predicted octanol–water partition coefficient (Wildman–Crippen LogP) is 3.00. The number of hydrogen-bond donors (Lipinski definition) is 3. The number of nitrogens with zero attached hydrogens (tertiary/aromatic N) is 3. The Morgan fingerprint density at radius 3 is 2.82 bits per heavy atom. The molecule has 1 aromatic heterocycles. The lowest BCUT2D eigenvalue weighted by Crippen LogP contribution is -2.41. The number of nitrogens with one attached hydrogen (secondary N) is 2. The fourth-order valence-electron chi connectivity index (χ4n) is 5.36. The number of allylic oxidation sites excluding steroid dienone is 1. The summed E-state index contributed by atoms with van der Waals surface area (Å²) in [6, 6.07) is 6.25. The maximum atomic E-state index is 12.0. The van der Waals surface area contributed by atoms with Crippen molar-refractivity contribution in [2.45, 2.75) is 25.3 Å². The van der Waals surface area contributed by atoms with E-state index in [1.807, 2.05) is 6.07 Å². The molecule has 5 rings (SSSR count). The zero-order chi connectivity index (χ0) is 22.9. The molecule has 33 heavy (non-hydrogen) atoms. The fraction of sp³-hybridized carbons (Fsp3) is 0.400. The quantitative estimate of drug-likeness (QED) is 0.451. The van der Waals surface area contributed by atoms with Crippen LogP contribution in [0, 0.1) is 30.1 Å². The average Bonchev–Trinajstić information content (AvgIpc) is 3.34. The number of anilines is 3. The summed E-state index contributed by atoms with van der Waals surface area (Å²) in [7, 11) is 0. The van der Waals surface area contributed by atoms with Gasteiger partial charge < -0.3 is 16.4 Å². The average molecular weight is 463 g/mol. The van der Waals surface area contributed by atoms with Gasteiger partial charge in [0.1, 0.15) is 5.02 Å². The van der Waals surface area contributed by atoms with Gasteiger partial charge in [0.25, 0.3) is 0 Å². The molecular formula is C25H27ClN6O. The zero-order valence-corrected chi connectivity index (χ0v) is 19.1. The van der Waals surface area contributed by atoms with Crippen molar-refractivity contribution in [2.24, 2.45) is 23.5 Å². The summed E-state index contributed by atoms with van der Waals surface area (Å²) in [5.74, 6) is 3.56. The minimum absolute atomic E-state index is 0.115. The van der Waals surface area contributed by atoms with E-state index in [9.17, 15) is 4.79 Å². The standard InChI is InChI=1S/C25H27ClN6O/c1-2-9-32-10-7-15-5-6-19(13-16(15)8-11-32)29-25-28-14-20(26)24(31-25)30-22-18-4-3-17(12-18)21(22)23(27)33/h1,3-6,13-14,17-18,21-22H,7-12H2,(H2,27,33)(H2,28,29,30,31). The Balaban J connectivity index is 1.32. The zero-order valence-electron chi connectivity index (χ0n) is 18.3. The van der Waals surface area contributed by atoms with Crippen molar-refractivity contribution >= 4 is 35.0 Å². The maximum Gasteiger partial charge on any atom is 0.229 e. The van der Waals surface area contributed by atoms with E-state index in [2.05, 4.69) is 55.7 Å². The van der Waals surface area contributed by atoms with Crippen LogP contribution in [0.4, 0.5) is 17.5 Å². The molecule has 2 aliphatic carbocycles. The van der Waals surface area contributed by atoms with Gasteiger partial charge in [-0.05, 0) is 54.4 Å². The van der Waals surface area contributed by atoms with Gasteiger partial charge in [-0.3, -0.25) is 9.69 Å². The Kier molecular flexibility index (Phi) is 5.96. The van der Waals surface area contributed by atoms with Crippen LogP contribution in [0.2, 0.25) is 5.02 Å². The normalized spacial score (nSPS) is 25.8. The first-order valence-electron chi connectivity index (χ1n) is 11.3. The van der Waals surface area contributed by atoms with E-state index in [0.717, 1.165) is 38.0 Å². The fourth-order valence-corrected chi connectivity index (χ4v) is 5.50. The van der Waals surface area contributed by atoms with Crippen LogP contribution in [0.3, 0.4) is 0 Å². The lowest BCUT2D eigenvalue weighted by Gasteiger charge is -2.27. The van der Waals surface area contributed by atoms with E-state index < -0.39 is 0 Å². The number of carbonyl (C=O) groups is 1. The predicted molar refractivity (Wildman–Crippen MR) is 130 cm³/mol. The molecule has 1 aliphatic heterocycles. The highest BCUT2D eigenvalue weighted by Crippen LogP contribution is 2.45. The van der Waals surface area contributed by atoms with Crippen LogP contribution in [0.25, 0.3) is 0 Å². The molecule has 3 aliphatic rings. The summed E-state index contributed by atoms with van der Waals surface area (Å²) in [6.07, 6.45) is 14.2. The molecule has 0 spiro atoms. The number of halogens is 1. The van der Waals surface area contributed by atoms with Crippen LogP contribution in [0.5, 0.6) is 0 Å². The van der Waals surface area contributed by atoms with Crippen LogP contribution >= 0.6 is 11.6 Å². The SMILES string of the molecule is C#CCN1CCc2ccc(Nc3ncc(Cl)c(NC4C5C=CC(C5)C4C(N)=O)n3)cc2CC1. The summed E-state index contributed by atoms with van der Waals surface area (Å²) in [5.41, 5.74) is 9.27. The van der Waals surface area contributed by atoms with Crippen molar-refractivity contribution in [1.82, 2.24) is 14.9 Å². The molecule has 1 fully saturated rings. The van der Waals surface area contributed by atoms with Crippen molar-refractivity contribution in [1.29, 1.82) is 0 Å². The summed E-state index contributed by atoms with van der Waals surface area (Å²) >= 11 is 6.39. The molecule has 170 valence electrons. The number of rotatable bonds is 6. The third-order valence-electron chi connectivity index (χ3n) is 7.01. The van der Waals surface area contributed by atoms with Gasteiger partial charge in [-0.1, -0.05) is 35.7 Å². The molecule has 2 bridgehead atoms. The van der Waals surface area contributed by atoms with E-state index in [1.165, 1.54) is 11.1 Å². The molecule has 2 heterocycles. The number of hydrogen-bond acceptors (Lipinski definition) is 6. The van der Waals surface area contributed by atoms with E-state index in [4.69, 9.17) is 23.8 Å². The Labute approximate surface area is 198 Å². The Hall–Kier alpha value is -3.08. The molecule has 8 heteroatoms. The van der Waals surface area contributed by atoms with E-state index >= 15 is 0 Å². The summed E-state index contributed by atoms with van der Waals surface area (Å²) in [5, 5.41) is 7.08. The molecule has 0 radical (unpaired) electrons. The van der Waals surface area contributed by atoms with Gasteiger partial charge in [0.2, 0.25) is 11.9 Å². The third-order valence-corrected chi connectivity index (χ3v) is 7.28. The minimum Gasteiger partial charge on any atom is -0.369 e. The molecular weight excluding hydrogens is 436 g/mol. The van der Waals surface area contributed by atoms with E-state index in [-0.39, 0.29) is 29.7 Å². The second-order valence-electron chi connectivity index (χ2n) is 9.03. The molecule has 7 nitrogen and oxygen atoms in total. The molecule has 1 aromatic carbocycles. The van der Waals surface area contributed by atoms with Gasteiger partial charge in [-0.15, -0.1) is 6.42 Å². The van der Waals surface area contributed by atoms with Crippen LogP contribution in [-0.2, 0) is 17.6 Å². The first-order valence-corrected chi connectivity index (χ1v) is 11.7. The van der Waals surface area contributed by atoms with Crippen molar-refractivity contribution < 1.29 is 4.79 Å². The summed E-state index contributed by atoms with van der Waals surface area (Å²) in [6.45, 7) is 2.61.